The third-order valence-corrected chi connectivity index (χ3v) is 7.94. The van der Waals surface area contributed by atoms with E-state index in [-0.39, 0.29) is 14.8 Å². The van der Waals surface area contributed by atoms with Gasteiger partial charge in [0.05, 0.1) is 10.6 Å². The highest BCUT2D eigenvalue weighted by molar-refractivity contribution is 9.10. The Bertz CT molecular complexity index is 1110. The average molecular weight is 473 g/mol. The lowest BCUT2D eigenvalue weighted by Crippen LogP contribution is -2.15. The van der Waals surface area contributed by atoms with Gasteiger partial charge < -0.3 is 0 Å². The van der Waals surface area contributed by atoms with E-state index in [9.17, 15) is 16.8 Å². The van der Waals surface area contributed by atoms with Crippen molar-refractivity contribution in [1.82, 2.24) is 0 Å². The second-order valence-electron chi connectivity index (χ2n) is 5.18. The number of benzene rings is 2. The van der Waals surface area contributed by atoms with Crippen molar-refractivity contribution in [3.05, 3.63) is 70.5 Å². The van der Waals surface area contributed by atoms with Crippen LogP contribution < -0.4 is 9.44 Å². The minimum atomic E-state index is -3.86. The molecule has 136 valence electrons. The van der Waals surface area contributed by atoms with E-state index >= 15 is 0 Å². The van der Waals surface area contributed by atoms with Gasteiger partial charge in [-0.15, -0.1) is 11.3 Å². The number of sulfonamides is 2. The highest BCUT2D eigenvalue weighted by Gasteiger charge is 2.18. The minimum absolute atomic E-state index is 0.0493. The number of rotatable bonds is 6. The van der Waals surface area contributed by atoms with Crippen LogP contribution in [0.5, 0.6) is 0 Å². The van der Waals surface area contributed by atoms with Crippen molar-refractivity contribution >= 4 is 58.7 Å². The predicted octanol–water partition coefficient (Wildman–Crippen LogP) is 4.11. The minimum Gasteiger partial charge on any atom is -0.280 e. The third-order valence-electron chi connectivity index (χ3n) is 3.25. The Morgan fingerprint density at radius 1 is 0.769 bits per heavy atom. The summed E-state index contributed by atoms with van der Waals surface area (Å²) in [5.74, 6) is 0. The molecule has 0 amide bonds. The number of nitrogens with one attached hydrogen (secondary N) is 2. The topological polar surface area (TPSA) is 92.3 Å². The zero-order valence-electron chi connectivity index (χ0n) is 13.1. The molecule has 3 rings (SSSR count). The van der Waals surface area contributed by atoms with Gasteiger partial charge in [0.15, 0.2) is 0 Å². The number of thiophene rings is 1. The van der Waals surface area contributed by atoms with E-state index in [1.807, 2.05) is 0 Å². The van der Waals surface area contributed by atoms with E-state index in [2.05, 4.69) is 25.4 Å². The molecule has 0 aliphatic rings. The van der Waals surface area contributed by atoms with Crippen LogP contribution in [0.25, 0.3) is 0 Å². The fourth-order valence-electron chi connectivity index (χ4n) is 2.08. The van der Waals surface area contributed by atoms with Gasteiger partial charge in [-0.25, -0.2) is 16.8 Å². The molecule has 2 N–H and O–H groups in total. The van der Waals surface area contributed by atoms with Crippen molar-refractivity contribution in [1.29, 1.82) is 0 Å². The van der Waals surface area contributed by atoms with E-state index in [0.717, 1.165) is 15.8 Å². The summed E-state index contributed by atoms with van der Waals surface area (Å²) in [7, 11) is -7.60. The van der Waals surface area contributed by atoms with Gasteiger partial charge in [-0.3, -0.25) is 9.44 Å². The number of hydrogen-bond donors (Lipinski definition) is 2. The Balaban J connectivity index is 1.85. The first-order chi connectivity index (χ1) is 12.3. The van der Waals surface area contributed by atoms with Crippen LogP contribution in [-0.4, -0.2) is 16.8 Å². The maximum atomic E-state index is 12.5. The molecule has 0 aliphatic heterocycles. The average Bonchev–Trinajstić information content (AvgIpc) is 3.12. The molecule has 0 saturated carbocycles. The molecule has 26 heavy (non-hydrogen) atoms. The predicted molar refractivity (Wildman–Crippen MR) is 107 cm³/mol. The van der Waals surface area contributed by atoms with Crippen molar-refractivity contribution < 1.29 is 16.8 Å². The lowest BCUT2D eigenvalue weighted by Gasteiger charge is -2.11. The van der Waals surface area contributed by atoms with Gasteiger partial charge in [-0.2, -0.15) is 0 Å². The normalized spacial score (nSPS) is 11.9. The standard InChI is InChI=1S/C16H13BrN2O4S3/c17-12-6-8-13(9-7-12)18-25(20,21)15-4-1-3-14(11-15)19-26(22,23)16-5-2-10-24-16/h1-11,18-19H. The molecule has 0 spiro atoms. The zero-order valence-corrected chi connectivity index (χ0v) is 17.1. The second-order valence-corrected chi connectivity index (χ2v) is 10.6. The molecule has 0 radical (unpaired) electrons. The Morgan fingerprint density at radius 2 is 1.46 bits per heavy atom. The molecular formula is C16H13BrN2O4S3. The molecule has 10 heteroatoms. The molecule has 0 aliphatic carbocycles. The van der Waals surface area contributed by atoms with Gasteiger partial charge in [-0.1, -0.05) is 28.1 Å². The highest BCUT2D eigenvalue weighted by Crippen LogP contribution is 2.24. The van der Waals surface area contributed by atoms with Crippen molar-refractivity contribution in [3.63, 3.8) is 0 Å². The lowest BCUT2D eigenvalue weighted by molar-refractivity contribution is 0.599. The zero-order chi connectivity index (χ0) is 18.8. The maximum Gasteiger partial charge on any atom is 0.271 e. The van der Waals surface area contributed by atoms with Crippen molar-refractivity contribution in [2.45, 2.75) is 9.10 Å². The summed E-state index contributed by atoms with van der Waals surface area (Å²) in [6, 6.07) is 15.4. The summed E-state index contributed by atoms with van der Waals surface area (Å²) in [4.78, 5) is -0.0493. The molecule has 0 unspecified atom stereocenters. The number of anilines is 2. The van der Waals surface area contributed by atoms with Gasteiger partial charge in [0.25, 0.3) is 20.0 Å². The van der Waals surface area contributed by atoms with Gasteiger partial charge in [0, 0.05) is 10.2 Å². The van der Waals surface area contributed by atoms with Crippen molar-refractivity contribution in [2.75, 3.05) is 9.44 Å². The molecule has 6 nitrogen and oxygen atoms in total. The van der Waals surface area contributed by atoms with E-state index in [4.69, 9.17) is 0 Å². The highest BCUT2D eigenvalue weighted by atomic mass is 79.9. The van der Waals surface area contributed by atoms with Crippen LogP contribution in [0.3, 0.4) is 0 Å². The van der Waals surface area contributed by atoms with Crippen LogP contribution >= 0.6 is 27.3 Å². The van der Waals surface area contributed by atoms with Crippen LogP contribution in [0.4, 0.5) is 11.4 Å². The van der Waals surface area contributed by atoms with Crippen LogP contribution in [-0.2, 0) is 20.0 Å². The summed E-state index contributed by atoms with van der Waals surface area (Å²) >= 11 is 4.36. The summed E-state index contributed by atoms with van der Waals surface area (Å²) in [6.07, 6.45) is 0. The SMILES string of the molecule is O=S(=O)(Nc1ccc(Br)cc1)c1cccc(NS(=O)(=O)c2cccs2)c1. The van der Waals surface area contributed by atoms with E-state index in [1.165, 1.54) is 30.3 Å². The summed E-state index contributed by atoms with van der Waals surface area (Å²) < 4.78 is 55.4. The number of hydrogen-bond acceptors (Lipinski definition) is 5. The molecular weight excluding hydrogens is 460 g/mol. The third kappa shape index (κ3) is 4.44. The van der Waals surface area contributed by atoms with Crippen LogP contribution in [0.1, 0.15) is 0 Å². The number of halogens is 1. The second kappa shape index (κ2) is 7.39. The first kappa shape index (κ1) is 18.9. The smallest absolute Gasteiger partial charge is 0.271 e. The largest absolute Gasteiger partial charge is 0.280 e. The Morgan fingerprint density at radius 3 is 2.12 bits per heavy atom. The maximum absolute atomic E-state index is 12.5. The van der Waals surface area contributed by atoms with Gasteiger partial charge >= 0.3 is 0 Å². The van der Waals surface area contributed by atoms with Gasteiger partial charge in [0.1, 0.15) is 4.21 Å². The fraction of sp³-hybridized carbons (Fsp3) is 0. The molecule has 2 aromatic carbocycles. The quantitative estimate of drug-likeness (QED) is 0.564. The van der Waals surface area contributed by atoms with E-state index < -0.39 is 20.0 Å². The molecule has 0 atom stereocenters. The Kier molecular flexibility index (Phi) is 5.37. The van der Waals surface area contributed by atoms with Crippen molar-refractivity contribution in [2.24, 2.45) is 0 Å². The van der Waals surface area contributed by atoms with Crippen molar-refractivity contribution in [3.8, 4) is 0 Å². The molecule has 1 aromatic heterocycles. The van der Waals surface area contributed by atoms with Crippen LogP contribution in [0.15, 0.2) is 79.6 Å². The van der Waals surface area contributed by atoms with Gasteiger partial charge in [0.2, 0.25) is 0 Å². The summed E-state index contributed by atoms with van der Waals surface area (Å²) in [5, 5.41) is 1.65. The van der Waals surface area contributed by atoms with Gasteiger partial charge in [-0.05, 0) is 53.9 Å². The Labute approximate surface area is 164 Å². The summed E-state index contributed by atoms with van der Waals surface area (Å²) in [5.41, 5.74) is 0.565. The van der Waals surface area contributed by atoms with E-state index in [0.29, 0.717) is 5.69 Å². The van der Waals surface area contributed by atoms with E-state index in [1.54, 1.807) is 35.7 Å². The molecule has 3 aromatic rings. The molecule has 0 bridgehead atoms. The molecule has 0 fully saturated rings. The molecule has 0 saturated heterocycles. The summed E-state index contributed by atoms with van der Waals surface area (Å²) in [6.45, 7) is 0. The fourth-order valence-corrected chi connectivity index (χ4v) is 5.49. The Hall–Kier alpha value is -1.88. The first-order valence-corrected chi connectivity index (χ1v) is 11.8. The van der Waals surface area contributed by atoms with Crippen LogP contribution in [0.2, 0.25) is 0 Å². The monoisotopic (exact) mass is 472 g/mol. The first-order valence-electron chi connectivity index (χ1n) is 7.21. The molecule has 1 heterocycles. The van der Waals surface area contributed by atoms with Crippen LogP contribution in [0, 0.1) is 0 Å². The lowest BCUT2D eigenvalue weighted by atomic mass is 10.3.